The van der Waals surface area contributed by atoms with E-state index in [1.807, 2.05) is 79.0 Å². The summed E-state index contributed by atoms with van der Waals surface area (Å²) in [7, 11) is 0. The number of benzene rings is 2. The van der Waals surface area contributed by atoms with Crippen molar-refractivity contribution in [1.82, 2.24) is 20.1 Å². The zero-order chi connectivity index (χ0) is 24.9. The van der Waals surface area contributed by atoms with Crippen molar-refractivity contribution in [2.24, 2.45) is 10.9 Å². The maximum atomic E-state index is 9.49. The Kier molecular flexibility index (Phi) is 6.72. The number of hydrogen-bond donors (Lipinski definition) is 1. The largest absolute Gasteiger partial charge is 0.351 e. The summed E-state index contributed by atoms with van der Waals surface area (Å²) in [6, 6.07) is 24.1. The zero-order valence-corrected chi connectivity index (χ0v) is 20.4. The minimum absolute atomic E-state index is 0.127. The minimum atomic E-state index is 0.127. The highest BCUT2D eigenvalue weighted by atomic mass is 15.4. The smallest absolute Gasteiger partial charge is 0.214 e. The average molecular weight is 477 g/mol. The van der Waals surface area contributed by atoms with Gasteiger partial charge in [-0.1, -0.05) is 50.2 Å². The number of anilines is 2. The summed E-state index contributed by atoms with van der Waals surface area (Å²) in [6.07, 6.45) is 3.77. The molecule has 1 fully saturated rings. The number of rotatable bonds is 4. The Labute approximate surface area is 210 Å². The molecule has 1 atom stereocenters. The van der Waals surface area contributed by atoms with E-state index in [1.165, 1.54) is 0 Å². The van der Waals surface area contributed by atoms with Crippen LogP contribution in [0.3, 0.4) is 0 Å². The van der Waals surface area contributed by atoms with E-state index in [0.29, 0.717) is 18.4 Å². The molecule has 2 aromatic carbocycles. The molecule has 1 N–H and O–H groups in total. The maximum Gasteiger partial charge on any atom is 0.214 e. The molecule has 0 unspecified atom stereocenters. The Morgan fingerprint density at radius 3 is 2.61 bits per heavy atom. The molecule has 0 aliphatic carbocycles. The monoisotopic (exact) mass is 476 g/mol. The van der Waals surface area contributed by atoms with E-state index in [2.05, 4.69) is 49.1 Å². The molecule has 8 heteroatoms. The number of aromatic nitrogens is 3. The standard InChI is InChI=1S/C28H28N8/c1-20(2)26-18-35(27-14-13-23(33-34-27)21-8-4-3-5-9-21)16-17-36(26)28(31-19-29)32-25-12-6-11-24-22(25)10-7-15-30-24/h3-15,20,26H,16-18H2,1-2H3,(H,31,32)/t26-/m1/s1. The lowest BCUT2D eigenvalue weighted by molar-refractivity contribution is 0.224. The predicted octanol–water partition coefficient (Wildman–Crippen LogP) is 4.79. The predicted molar refractivity (Wildman–Crippen MR) is 143 cm³/mol. The molecule has 0 amide bonds. The molecule has 0 bridgehead atoms. The van der Waals surface area contributed by atoms with Crippen LogP contribution in [0.15, 0.2) is 84.0 Å². The summed E-state index contributed by atoms with van der Waals surface area (Å²) < 4.78 is 0. The molecule has 180 valence electrons. The number of hydrogen-bond acceptors (Lipinski definition) is 6. The van der Waals surface area contributed by atoms with Gasteiger partial charge in [0.1, 0.15) is 0 Å². The number of nitriles is 1. The lowest BCUT2D eigenvalue weighted by atomic mass is 9.99. The van der Waals surface area contributed by atoms with Crippen molar-refractivity contribution >= 4 is 28.4 Å². The van der Waals surface area contributed by atoms with Crippen LogP contribution in [0.4, 0.5) is 11.5 Å². The topological polar surface area (TPSA) is 93.3 Å². The van der Waals surface area contributed by atoms with Gasteiger partial charge in [0.05, 0.1) is 22.9 Å². The quantitative estimate of drug-likeness (QED) is 0.257. The molecule has 1 aliphatic heterocycles. The Balaban J connectivity index is 1.37. The van der Waals surface area contributed by atoms with Crippen LogP contribution in [-0.2, 0) is 0 Å². The molecule has 1 saturated heterocycles. The second-order valence-electron chi connectivity index (χ2n) is 9.13. The van der Waals surface area contributed by atoms with Gasteiger partial charge in [0.25, 0.3) is 0 Å². The SMILES string of the molecule is CC(C)[C@H]1CN(c2ccc(-c3ccccc3)nn2)CCN1/C(=N\C#N)Nc1cccc2ncccc12. The first-order valence-corrected chi connectivity index (χ1v) is 12.1. The molecule has 4 aromatic rings. The Hall–Kier alpha value is -4.51. The number of fused-ring (bicyclic) bond motifs is 1. The van der Waals surface area contributed by atoms with E-state index in [0.717, 1.165) is 46.8 Å². The molecule has 2 aromatic heterocycles. The molecule has 3 heterocycles. The fourth-order valence-electron chi connectivity index (χ4n) is 4.65. The summed E-state index contributed by atoms with van der Waals surface area (Å²) in [5.41, 5.74) is 3.67. The normalized spacial score (nSPS) is 16.3. The Bertz CT molecular complexity index is 1390. The van der Waals surface area contributed by atoms with Crippen LogP contribution in [0.25, 0.3) is 22.2 Å². The molecular formula is C28H28N8. The third-order valence-corrected chi connectivity index (χ3v) is 6.55. The van der Waals surface area contributed by atoms with Gasteiger partial charge < -0.3 is 15.1 Å². The van der Waals surface area contributed by atoms with Crippen LogP contribution < -0.4 is 10.2 Å². The Morgan fingerprint density at radius 1 is 1.00 bits per heavy atom. The van der Waals surface area contributed by atoms with Crippen LogP contribution in [0.5, 0.6) is 0 Å². The van der Waals surface area contributed by atoms with Gasteiger partial charge in [0.2, 0.25) is 12.2 Å². The van der Waals surface area contributed by atoms with E-state index in [1.54, 1.807) is 6.20 Å². The zero-order valence-electron chi connectivity index (χ0n) is 20.4. The highest BCUT2D eigenvalue weighted by Crippen LogP contribution is 2.26. The molecule has 0 saturated carbocycles. The lowest BCUT2D eigenvalue weighted by Crippen LogP contribution is -2.58. The summed E-state index contributed by atoms with van der Waals surface area (Å²) >= 11 is 0. The molecule has 8 nitrogen and oxygen atoms in total. The molecule has 0 spiro atoms. The third kappa shape index (κ3) is 4.82. The number of nitrogens with one attached hydrogen (secondary N) is 1. The molecule has 5 rings (SSSR count). The van der Waals surface area contributed by atoms with E-state index < -0.39 is 0 Å². The van der Waals surface area contributed by atoms with Crippen molar-refractivity contribution in [3.8, 4) is 17.5 Å². The van der Waals surface area contributed by atoms with Gasteiger partial charge >= 0.3 is 0 Å². The van der Waals surface area contributed by atoms with Crippen LogP contribution in [0.2, 0.25) is 0 Å². The minimum Gasteiger partial charge on any atom is -0.351 e. The van der Waals surface area contributed by atoms with E-state index in [4.69, 9.17) is 0 Å². The van der Waals surface area contributed by atoms with E-state index in [-0.39, 0.29) is 6.04 Å². The first-order chi connectivity index (χ1) is 17.6. The van der Waals surface area contributed by atoms with Crippen molar-refractivity contribution in [1.29, 1.82) is 5.26 Å². The molecule has 36 heavy (non-hydrogen) atoms. The highest BCUT2D eigenvalue weighted by Gasteiger charge is 2.32. The number of aliphatic imine (C=N–C) groups is 1. The molecular weight excluding hydrogens is 448 g/mol. The highest BCUT2D eigenvalue weighted by molar-refractivity contribution is 6.02. The molecule has 1 aliphatic rings. The van der Waals surface area contributed by atoms with Gasteiger partial charge in [0, 0.05) is 36.8 Å². The van der Waals surface area contributed by atoms with Crippen LogP contribution in [0.1, 0.15) is 13.8 Å². The van der Waals surface area contributed by atoms with Crippen LogP contribution >= 0.6 is 0 Å². The van der Waals surface area contributed by atoms with Gasteiger partial charge in [-0.2, -0.15) is 5.26 Å². The number of nitrogens with zero attached hydrogens (tertiary/aromatic N) is 7. The number of pyridine rings is 1. The van der Waals surface area contributed by atoms with Gasteiger partial charge in [-0.25, -0.2) is 0 Å². The lowest BCUT2D eigenvalue weighted by Gasteiger charge is -2.44. The fraction of sp³-hybridized carbons (Fsp3) is 0.250. The summed E-state index contributed by atoms with van der Waals surface area (Å²) in [4.78, 5) is 13.1. The Morgan fingerprint density at radius 2 is 1.86 bits per heavy atom. The van der Waals surface area contributed by atoms with Gasteiger partial charge in [-0.3, -0.25) is 4.98 Å². The number of piperazine rings is 1. The van der Waals surface area contributed by atoms with Gasteiger partial charge in [-0.15, -0.1) is 15.2 Å². The maximum absolute atomic E-state index is 9.49. The first-order valence-electron chi connectivity index (χ1n) is 12.1. The second-order valence-corrected chi connectivity index (χ2v) is 9.13. The van der Waals surface area contributed by atoms with E-state index in [9.17, 15) is 5.26 Å². The third-order valence-electron chi connectivity index (χ3n) is 6.55. The van der Waals surface area contributed by atoms with Crippen molar-refractivity contribution in [3.63, 3.8) is 0 Å². The van der Waals surface area contributed by atoms with Gasteiger partial charge in [0.15, 0.2) is 5.82 Å². The van der Waals surface area contributed by atoms with Crippen LogP contribution in [-0.4, -0.2) is 51.7 Å². The van der Waals surface area contributed by atoms with Crippen molar-refractivity contribution in [2.45, 2.75) is 19.9 Å². The average Bonchev–Trinajstić information content (AvgIpc) is 2.93. The first kappa shape index (κ1) is 23.2. The number of guanidine groups is 1. The fourth-order valence-corrected chi connectivity index (χ4v) is 4.65. The van der Waals surface area contributed by atoms with Crippen LogP contribution in [0, 0.1) is 17.4 Å². The van der Waals surface area contributed by atoms with Crippen molar-refractivity contribution in [3.05, 3.63) is 79.0 Å². The summed E-state index contributed by atoms with van der Waals surface area (Å²) in [6.45, 7) is 6.57. The molecule has 0 radical (unpaired) electrons. The summed E-state index contributed by atoms with van der Waals surface area (Å²) in [5, 5.41) is 22.9. The van der Waals surface area contributed by atoms with Crippen molar-refractivity contribution < 1.29 is 0 Å². The van der Waals surface area contributed by atoms with E-state index >= 15 is 0 Å². The van der Waals surface area contributed by atoms with Gasteiger partial charge in [-0.05, 0) is 42.3 Å². The summed E-state index contributed by atoms with van der Waals surface area (Å²) in [5.74, 6) is 1.73. The second kappa shape index (κ2) is 10.4. The van der Waals surface area contributed by atoms with Crippen molar-refractivity contribution in [2.75, 3.05) is 29.9 Å².